The highest BCUT2D eigenvalue weighted by Crippen LogP contribution is 2.48. The van der Waals surface area contributed by atoms with Gasteiger partial charge in [-0.15, -0.1) is 0 Å². The van der Waals surface area contributed by atoms with Crippen LogP contribution in [-0.4, -0.2) is 43.1 Å². The molecule has 2 N–H and O–H groups in total. The number of rotatable bonds is 3. The third-order valence-electron chi connectivity index (χ3n) is 4.75. The van der Waals surface area contributed by atoms with E-state index in [0.29, 0.717) is 11.5 Å². The van der Waals surface area contributed by atoms with Crippen LogP contribution in [0.5, 0.6) is 0 Å². The number of ether oxygens (including phenoxy) is 1. The molecule has 1 saturated carbocycles. The van der Waals surface area contributed by atoms with Gasteiger partial charge in [0.05, 0.1) is 6.10 Å². The fraction of sp³-hybridized carbons (Fsp3) is 0.588. The van der Waals surface area contributed by atoms with Crippen LogP contribution in [0.1, 0.15) is 25.3 Å². The molecule has 134 valence electrons. The molecular formula is C17H22F3NO3. The lowest BCUT2D eigenvalue weighted by molar-refractivity contribution is -0.192. The first-order valence-corrected chi connectivity index (χ1v) is 7.97. The number of nitrogens with one attached hydrogen (secondary N) is 1. The molecule has 2 aliphatic rings. The average molecular weight is 345 g/mol. The maximum atomic E-state index is 10.6. The van der Waals surface area contributed by atoms with Gasteiger partial charge < -0.3 is 15.2 Å². The largest absolute Gasteiger partial charge is 0.490 e. The number of carboxylic acids is 1. The SMILES string of the molecule is CCO[C@@H]1C[C@@H]2CNC[C@]2(c2ccccc2)C1.O=C(O)C(F)(F)F. The van der Waals surface area contributed by atoms with E-state index in [4.69, 9.17) is 14.6 Å². The van der Waals surface area contributed by atoms with Gasteiger partial charge in [0.25, 0.3) is 0 Å². The van der Waals surface area contributed by atoms with Crippen LogP contribution in [0.25, 0.3) is 0 Å². The summed E-state index contributed by atoms with van der Waals surface area (Å²) in [5, 5.41) is 10.7. The van der Waals surface area contributed by atoms with Crippen molar-refractivity contribution >= 4 is 5.97 Å². The van der Waals surface area contributed by atoms with E-state index in [9.17, 15) is 13.2 Å². The minimum absolute atomic E-state index is 0.334. The van der Waals surface area contributed by atoms with Crippen LogP contribution in [0.4, 0.5) is 13.2 Å². The molecule has 3 rings (SSSR count). The van der Waals surface area contributed by atoms with Gasteiger partial charge in [0, 0.05) is 18.6 Å². The number of alkyl halides is 3. The second kappa shape index (κ2) is 7.53. The number of hydrogen-bond acceptors (Lipinski definition) is 3. The minimum Gasteiger partial charge on any atom is -0.475 e. The Morgan fingerprint density at radius 2 is 2.00 bits per heavy atom. The molecule has 1 heterocycles. The summed E-state index contributed by atoms with van der Waals surface area (Å²) in [6.07, 6.45) is -2.22. The fourth-order valence-electron chi connectivity index (χ4n) is 3.75. The summed E-state index contributed by atoms with van der Waals surface area (Å²) in [6, 6.07) is 11.0. The smallest absolute Gasteiger partial charge is 0.475 e. The highest BCUT2D eigenvalue weighted by Gasteiger charge is 2.51. The van der Waals surface area contributed by atoms with Gasteiger partial charge in [-0.2, -0.15) is 13.2 Å². The summed E-state index contributed by atoms with van der Waals surface area (Å²) in [4.78, 5) is 8.90. The molecule has 1 aromatic rings. The van der Waals surface area contributed by atoms with E-state index in [1.54, 1.807) is 0 Å². The minimum atomic E-state index is -5.08. The van der Waals surface area contributed by atoms with Gasteiger partial charge in [0.15, 0.2) is 0 Å². The van der Waals surface area contributed by atoms with Crippen LogP contribution in [0.3, 0.4) is 0 Å². The Labute approximate surface area is 139 Å². The van der Waals surface area contributed by atoms with Crippen molar-refractivity contribution in [3.63, 3.8) is 0 Å². The zero-order chi connectivity index (χ0) is 17.8. The fourth-order valence-corrected chi connectivity index (χ4v) is 3.75. The van der Waals surface area contributed by atoms with E-state index >= 15 is 0 Å². The standard InChI is InChI=1S/C15H21NO.C2HF3O2/c1-2-17-14-8-13-10-16-11-15(13,9-14)12-6-4-3-5-7-12;3-2(4,5)1(6)7/h3-7,13-14,16H,2,8-11H2,1H3;(H,6,7)/t13-,14-,15+;/m1./s1. The molecule has 0 radical (unpaired) electrons. The predicted molar refractivity (Wildman–Crippen MR) is 82.8 cm³/mol. The highest BCUT2D eigenvalue weighted by molar-refractivity contribution is 5.73. The summed E-state index contributed by atoms with van der Waals surface area (Å²) in [6.45, 7) is 5.21. The molecule has 3 atom stereocenters. The van der Waals surface area contributed by atoms with Crippen molar-refractivity contribution in [3.05, 3.63) is 35.9 Å². The lowest BCUT2D eigenvalue weighted by atomic mass is 9.75. The number of fused-ring (bicyclic) bond motifs is 1. The average Bonchev–Trinajstić information content (AvgIpc) is 3.06. The van der Waals surface area contributed by atoms with E-state index in [1.807, 2.05) is 0 Å². The molecule has 0 spiro atoms. The summed E-state index contributed by atoms with van der Waals surface area (Å²) >= 11 is 0. The van der Waals surface area contributed by atoms with Crippen LogP contribution in [0.15, 0.2) is 30.3 Å². The predicted octanol–water partition coefficient (Wildman–Crippen LogP) is 2.98. The number of halogens is 3. The lowest BCUT2D eigenvalue weighted by Gasteiger charge is -2.29. The maximum absolute atomic E-state index is 10.6. The van der Waals surface area contributed by atoms with Crippen LogP contribution >= 0.6 is 0 Å². The molecule has 0 bridgehead atoms. The Morgan fingerprint density at radius 1 is 1.38 bits per heavy atom. The summed E-state index contributed by atoms with van der Waals surface area (Å²) in [5.74, 6) is -2.01. The first-order chi connectivity index (χ1) is 11.3. The number of carboxylic acid groups (broad SMARTS) is 1. The Balaban J connectivity index is 0.000000256. The van der Waals surface area contributed by atoms with Crippen LogP contribution in [0.2, 0.25) is 0 Å². The number of hydrogen-bond donors (Lipinski definition) is 2. The van der Waals surface area contributed by atoms with Crippen molar-refractivity contribution in [1.29, 1.82) is 0 Å². The van der Waals surface area contributed by atoms with Gasteiger partial charge >= 0.3 is 12.1 Å². The molecule has 24 heavy (non-hydrogen) atoms. The highest BCUT2D eigenvalue weighted by atomic mass is 19.4. The first kappa shape index (κ1) is 18.7. The van der Waals surface area contributed by atoms with Gasteiger partial charge in [0.2, 0.25) is 0 Å². The van der Waals surface area contributed by atoms with E-state index in [2.05, 4.69) is 42.6 Å². The van der Waals surface area contributed by atoms with Crippen molar-refractivity contribution < 1.29 is 27.8 Å². The molecule has 4 nitrogen and oxygen atoms in total. The van der Waals surface area contributed by atoms with Crippen LogP contribution < -0.4 is 5.32 Å². The zero-order valence-corrected chi connectivity index (χ0v) is 13.5. The van der Waals surface area contributed by atoms with E-state index in [-0.39, 0.29) is 0 Å². The van der Waals surface area contributed by atoms with Crippen molar-refractivity contribution in [2.75, 3.05) is 19.7 Å². The zero-order valence-electron chi connectivity index (χ0n) is 13.5. The van der Waals surface area contributed by atoms with Gasteiger partial charge in [-0.1, -0.05) is 30.3 Å². The van der Waals surface area contributed by atoms with E-state index < -0.39 is 12.1 Å². The number of benzene rings is 1. The Bertz CT molecular complexity index is 550. The van der Waals surface area contributed by atoms with Gasteiger partial charge in [-0.3, -0.25) is 0 Å². The number of carbonyl (C=O) groups is 1. The van der Waals surface area contributed by atoms with Crippen LogP contribution in [0, 0.1) is 5.92 Å². The molecule has 1 aliphatic carbocycles. The topological polar surface area (TPSA) is 58.6 Å². The lowest BCUT2D eigenvalue weighted by Crippen LogP contribution is -2.31. The molecule has 0 unspecified atom stereocenters. The Kier molecular flexibility index (Phi) is 5.87. The van der Waals surface area contributed by atoms with E-state index in [0.717, 1.165) is 25.6 Å². The monoisotopic (exact) mass is 345 g/mol. The molecule has 0 aromatic heterocycles. The maximum Gasteiger partial charge on any atom is 0.490 e. The van der Waals surface area contributed by atoms with Crippen molar-refractivity contribution in [2.45, 2.75) is 37.5 Å². The van der Waals surface area contributed by atoms with Crippen molar-refractivity contribution in [1.82, 2.24) is 5.32 Å². The normalized spacial score (nSPS) is 28.8. The number of aliphatic carboxylic acids is 1. The van der Waals surface area contributed by atoms with Crippen molar-refractivity contribution in [3.8, 4) is 0 Å². The third kappa shape index (κ3) is 4.08. The first-order valence-electron chi connectivity index (χ1n) is 7.97. The molecule has 1 aromatic carbocycles. The summed E-state index contributed by atoms with van der Waals surface area (Å²) in [7, 11) is 0. The second-order valence-electron chi connectivity index (χ2n) is 6.17. The molecule has 2 fully saturated rings. The molecule has 1 aliphatic heterocycles. The summed E-state index contributed by atoms with van der Waals surface area (Å²) < 4.78 is 37.6. The Hall–Kier alpha value is -1.60. The van der Waals surface area contributed by atoms with Gasteiger partial charge in [-0.25, -0.2) is 4.79 Å². The third-order valence-corrected chi connectivity index (χ3v) is 4.75. The van der Waals surface area contributed by atoms with E-state index in [1.165, 1.54) is 18.4 Å². The van der Waals surface area contributed by atoms with Crippen molar-refractivity contribution in [2.24, 2.45) is 5.92 Å². The van der Waals surface area contributed by atoms with Gasteiger partial charge in [0.1, 0.15) is 0 Å². The van der Waals surface area contributed by atoms with Crippen LogP contribution in [-0.2, 0) is 14.9 Å². The second-order valence-corrected chi connectivity index (χ2v) is 6.17. The molecular weight excluding hydrogens is 323 g/mol. The summed E-state index contributed by atoms with van der Waals surface area (Å²) in [5.41, 5.74) is 1.83. The quantitative estimate of drug-likeness (QED) is 0.884. The molecule has 7 heteroatoms. The molecule has 0 amide bonds. The molecule has 1 saturated heterocycles. The van der Waals surface area contributed by atoms with Gasteiger partial charge in [-0.05, 0) is 37.8 Å². The Morgan fingerprint density at radius 3 is 2.54 bits per heavy atom.